The number of fused-ring (bicyclic) bond motifs is 1. The Morgan fingerprint density at radius 2 is 1.89 bits per heavy atom. The fraction of sp³-hybridized carbons (Fsp3) is 0.263. The fourth-order valence-corrected chi connectivity index (χ4v) is 2.88. The number of para-hydroxylation sites is 1. The summed E-state index contributed by atoms with van der Waals surface area (Å²) in [7, 11) is 3.56. The number of halogens is 3. The molecule has 0 spiro atoms. The zero-order valence-electron chi connectivity index (χ0n) is 14.8. The lowest BCUT2D eigenvalue weighted by molar-refractivity contribution is -0.137. The molecule has 5 nitrogen and oxygen atoms in total. The highest BCUT2D eigenvalue weighted by molar-refractivity contribution is 5.78. The number of likely N-dealkylation sites (N-methyl/N-ethyl adjacent to an activating group) is 1. The molecule has 0 saturated carbocycles. The number of benzene rings is 2. The first-order valence-corrected chi connectivity index (χ1v) is 8.32. The van der Waals surface area contributed by atoms with Crippen molar-refractivity contribution in [1.82, 2.24) is 14.9 Å². The van der Waals surface area contributed by atoms with Crippen LogP contribution in [0.5, 0.6) is 0 Å². The van der Waals surface area contributed by atoms with Gasteiger partial charge < -0.3 is 10.2 Å². The van der Waals surface area contributed by atoms with Gasteiger partial charge in [0.1, 0.15) is 0 Å². The molecule has 3 aromatic rings. The molecule has 0 aliphatic rings. The Bertz CT molecular complexity index is 998. The molecule has 0 aliphatic heterocycles. The van der Waals surface area contributed by atoms with Crippen molar-refractivity contribution in [3.63, 3.8) is 0 Å². The molecule has 27 heavy (non-hydrogen) atoms. The van der Waals surface area contributed by atoms with Crippen LogP contribution in [0.15, 0.2) is 53.3 Å². The van der Waals surface area contributed by atoms with E-state index >= 15 is 0 Å². The summed E-state index contributed by atoms with van der Waals surface area (Å²) < 4.78 is 39.0. The Morgan fingerprint density at radius 3 is 2.59 bits per heavy atom. The van der Waals surface area contributed by atoms with Crippen LogP contribution in [0.2, 0.25) is 0 Å². The van der Waals surface area contributed by atoms with E-state index in [0.717, 1.165) is 12.1 Å². The quantitative estimate of drug-likeness (QED) is 0.714. The molecular weight excluding hydrogens is 357 g/mol. The van der Waals surface area contributed by atoms with Crippen LogP contribution in [-0.2, 0) is 6.18 Å². The predicted molar refractivity (Wildman–Crippen MR) is 98.7 cm³/mol. The van der Waals surface area contributed by atoms with Crippen LogP contribution < -0.4 is 10.9 Å². The Labute approximate surface area is 153 Å². The number of alkyl halides is 3. The van der Waals surface area contributed by atoms with Gasteiger partial charge in [-0.05, 0) is 43.9 Å². The number of rotatable bonds is 5. The number of aromatic amines is 1. The van der Waals surface area contributed by atoms with E-state index in [2.05, 4.69) is 15.3 Å². The summed E-state index contributed by atoms with van der Waals surface area (Å²) in [6.45, 7) is 0.273. The molecule has 0 fully saturated rings. The number of nitrogens with one attached hydrogen (secondary N) is 2. The Balaban J connectivity index is 1.85. The third kappa shape index (κ3) is 4.28. The highest BCUT2D eigenvalue weighted by atomic mass is 19.4. The molecular formula is C19H19F3N4O. The highest BCUT2D eigenvalue weighted by Gasteiger charge is 2.31. The van der Waals surface area contributed by atoms with E-state index in [-0.39, 0.29) is 24.1 Å². The summed E-state index contributed by atoms with van der Waals surface area (Å²) in [5.41, 5.74) is 0.0994. The zero-order chi connectivity index (χ0) is 19.6. The van der Waals surface area contributed by atoms with E-state index in [4.69, 9.17) is 0 Å². The Hall–Kier alpha value is -2.87. The first kappa shape index (κ1) is 18.9. The molecule has 1 heterocycles. The van der Waals surface area contributed by atoms with Crippen LogP contribution in [0.4, 0.5) is 19.1 Å². The van der Waals surface area contributed by atoms with E-state index in [1.54, 1.807) is 44.4 Å². The second-order valence-electron chi connectivity index (χ2n) is 6.42. The molecule has 8 heteroatoms. The van der Waals surface area contributed by atoms with Crippen molar-refractivity contribution in [3.05, 3.63) is 70.0 Å². The SMILES string of the molecule is CN(C)C(CNc1nc2ccccc2c(=O)[nH]1)c1cccc(C(F)(F)F)c1. The van der Waals surface area contributed by atoms with E-state index in [0.29, 0.717) is 16.5 Å². The van der Waals surface area contributed by atoms with E-state index in [1.165, 1.54) is 6.07 Å². The monoisotopic (exact) mass is 376 g/mol. The van der Waals surface area contributed by atoms with Gasteiger partial charge >= 0.3 is 6.18 Å². The number of H-pyrrole nitrogens is 1. The maximum absolute atomic E-state index is 13.0. The average Bonchev–Trinajstić information content (AvgIpc) is 2.61. The van der Waals surface area contributed by atoms with Crippen LogP contribution in [0.1, 0.15) is 17.2 Å². The molecule has 0 amide bonds. The van der Waals surface area contributed by atoms with Crippen LogP contribution in [0, 0.1) is 0 Å². The van der Waals surface area contributed by atoms with Gasteiger partial charge in [0.2, 0.25) is 5.95 Å². The van der Waals surface area contributed by atoms with Crippen molar-refractivity contribution in [1.29, 1.82) is 0 Å². The Kier molecular flexibility index (Phi) is 5.18. The first-order valence-electron chi connectivity index (χ1n) is 8.32. The lowest BCUT2D eigenvalue weighted by Crippen LogP contribution is -2.28. The highest BCUT2D eigenvalue weighted by Crippen LogP contribution is 2.31. The number of aromatic nitrogens is 2. The molecule has 1 unspecified atom stereocenters. The van der Waals surface area contributed by atoms with Crippen molar-refractivity contribution >= 4 is 16.9 Å². The summed E-state index contributed by atoms with van der Waals surface area (Å²) in [5.74, 6) is 0.275. The summed E-state index contributed by atoms with van der Waals surface area (Å²) in [4.78, 5) is 20.9. The number of hydrogen-bond acceptors (Lipinski definition) is 4. The molecule has 1 atom stereocenters. The van der Waals surface area contributed by atoms with Crippen molar-refractivity contribution in [2.24, 2.45) is 0 Å². The van der Waals surface area contributed by atoms with Gasteiger partial charge in [0, 0.05) is 6.54 Å². The van der Waals surface area contributed by atoms with E-state index < -0.39 is 11.7 Å². The third-order valence-electron chi connectivity index (χ3n) is 4.30. The standard InChI is InChI=1S/C19H19F3N4O/c1-26(2)16(12-6-5-7-13(10-12)19(20,21)22)11-23-18-24-15-9-4-3-8-14(15)17(27)25-18/h3-10,16H,11H2,1-2H3,(H2,23,24,25,27). The van der Waals surface area contributed by atoms with Crippen LogP contribution in [-0.4, -0.2) is 35.5 Å². The number of anilines is 1. The minimum Gasteiger partial charge on any atom is -0.354 e. The van der Waals surface area contributed by atoms with Crippen LogP contribution >= 0.6 is 0 Å². The molecule has 1 aromatic heterocycles. The second-order valence-corrected chi connectivity index (χ2v) is 6.42. The number of nitrogens with zero attached hydrogens (tertiary/aromatic N) is 2. The zero-order valence-corrected chi connectivity index (χ0v) is 14.8. The summed E-state index contributed by atoms with van der Waals surface area (Å²) >= 11 is 0. The molecule has 2 N–H and O–H groups in total. The van der Waals surface area contributed by atoms with Gasteiger partial charge in [0.25, 0.3) is 5.56 Å². The third-order valence-corrected chi connectivity index (χ3v) is 4.30. The largest absolute Gasteiger partial charge is 0.416 e. The van der Waals surface area contributed by atoms with Gasteiger partial charge in [0.05, 0.1) is 22.5 Å². The molecule has 0 aliphatic carbocycles. The van der Waals surface area contributed by atoms with Crippen LogP contribution in [0.25, 0.3) is 10.9 Å². The smallest absolute Gasteiger partial charge is 0.354 e. The summed E-state index contributed by atoms with van der Waals surface area (Å²) in [5, 5.41) is 3.50. The van der Waals surface area contributed by atoms with Crippen molar-refractivity contribution in [2.45, 2.75) is 12.2 Å². The normalized spacial score (nSPS) is 13.1. The molecule has 0 radical (unpaired) electrons. The van der Waals surface area contributed by atoms with Gasteiger partial charge in [-0.15, -0.1) is 0 Å². The summed E-state index contributed by atoms with van der Waals surface area (Å²) in [6, 6.07) is 11.8. The molecule has 0 bridgehead atoms. The maximum Gasteiger partial charge on any atom is 0.416 e. The van der Waals surface area contributed by atoms with Crippen molar-refractivity contribution in [3.8, 4) is 0 Å². The minimum absolute atomic E-state index is 0.273. The molecule has 142 valence electrons. The van der Waals surface area contributed by atoms with Crippen LogP contribution in [0.3, 0.4) is 0 Å². The molecule has 3 rings (SSSR count). The molecule has 2 aromatic carbocycles. The maximum atomic E-state index is 13.0. The lowest BCUT2D eigenvalue weighted by atomic mass is 10.0. The van der Waals surface area contributed by atoms with E-state index in [1.807, 2.05) is 4.90 Å². The minimum atomic E-state index is -4.40. The summed E-state index contributed by atoms with van der Waals surface area (Å²) in [6.07, 6.45) is -4.40. The van der Waals surface area contributed by atoms with Gasteiger partial charge in [-0.2, -0.15) is 13.2 Å². The first-order chi connectivity index (χ1) is 12.8. The van der Waals surface area contributed by atoms with E-state index in [9.17, 15) is 18.0 Å². The predicted octanol–water partition coefficient (Wildman–Crippen LogP) is 3.66. The van der Waals surface area contributed by atoms with Gasteiger partial charge in [0.15, 0.2) is 0 Å². The lowest BCUT2D eigenvalue weighted by Gasteiger charge is -2.26. The van der Waals surface area contributed by atoms with Crippen molar-refractivity contribution in [2.75, 3.05) is 26.0 Å². The average molecular weight is 376 g/mol. The van der Waals surface area contributed by atoms with Gasteiger partial charge in [-0.3, -0.25) is 9.78 Å². The topological polar surface area (TPSA) is 61.0 Å². The van der Waals surface area contributed by atoms with Gasteiger partial charge in [-0.25, -0.2) is 4.98 Å². The fourth-order valence-electron chi connectivity index (χ4n) is 2.88. The molecule has 0 saturated heterocycles. The second kappa shape index (κ2) is 7.40. The van der Waals surface area contributed by atoms with Crippen molar-refractivity contribution < 1.29 is 13.2 Å². The number of hydrogen-bond donors (Lipinski definition) is 2. The Morgan fingerprint density at radius 1 is 1.15 bits per heavy atom. The van der Waals surface area contributed by atoms with Gasteiger partial charge in [-0.1, -0.05) is 24.3 Å².